The van der Waals surface area contributed by atoms with E-state index in [1.54, 1.807) is 11.1 Å². The summed E-state index contributed by atoms with van der Waals surface area (Å²) in [6, 6.07) is 17.7. The van der Waals surface area contributed by atoms with E-state index in [0.717, 1.165) is 0 Å². The van der Waals surface area contributed by atoms with Crippen molar-refractivity contribution in [3.63, 3.8) is 0 Å². The van der Waals surface area contributed by atoms with Crippen LogP contribution < -0.4 is 0 Å². The molecule has 0 spiro atoms. The molecule has 0 heterocycles. The third-order valence-electron chi connectivity index (χ3n) is 4.32. The van der Waals surface area contributed by atoms with Crippen molar-refractivity contribution in [2.24, 2.45) is 0 Å². The van der Waals surface area contributed by atoms with Crippen molar-refractivity contribution in [2.75, 3.05) is 0 Å². The summed E-state index contributed by atoms with van der Waals surface area (Å²) in [5.74, 6) is 0. The fourth-order valence-corrected chi connectivity index (χ4v) is 5.72. The molecule has 0 radical (unpaired) electrons. The zero-order chi connectivity index (χ0) is 12.7. The van der Waals surface area contributed by atoms with Crippen LogP contribution in [-0.2, 0) is 0 Å². The van der Waals surface area contributed by atoms with Gasteiger partial charge in [0.2, 0.25) is 0 Å². The molecule has 20 heavy (non-hydrogen) atoms. The van der Waals surface area contributed by atoms with Crippen LogP contribution in [0, 0.1) is 0 Å². The van der Waals surface area contributed by atoms with Crippen LogP contribution in [0.4, 0.5) is 0 Å². The van der Waals surface area contributed by atoms with Gasteiger partial charge < -0.3 is 0 Å². The second kappa shape index (κ2) is 5.86. The fraction of sp³-hybridized carbons (Fsp3) is 0.111. The van der Waals surface area contributed by atoms with Gasteiger partial charge in [-0.15, -0.1) is 0 Å². The van der Waals surface area contributed by atoms with Crippen molar-refractivity contribution >= 4 is 51.2 Å². The second-order valence-corrected chi connectivity index (χ2v) is 7.66. The first kappa shape index (κ1) is 14.1. The fourth-order valence-electron chi connectivity index (χ4n) is 3.33. The minimum atomic E-state index is -0.227. The molecule has 2 heteroatoms. The third kappa shape index (κ3) is 2.40. The standard InChI is InChI=1S/C18H16Si.Na.H/c1-3-7-15-13(5-1)9-11-17(15)19-18-12-10-14-6-2-4-8-16(14)18;;/h1-12,17-18H,19H2;;. The summed E-state index contributed by atoms with van der Waals surface area (Å²) < 4.78 is 0. The van der Waals surface area contributed by atoms with E-state index in [2.05, 4.69) is 72.8 Å². The summed E-state index contributed by atoms with van der Waals surface area (Å²) in [7, 11) is -0.227. The molecule has 4 rings (SSSR count). The normalized spacial score (nSPS) is 22.0. The Bertz CT molecular complexity index is 628. The predicted octanol–water partition coefficient (Wildman–Crippen LogP) is 3.04. The number of hydrogen-bond donors (Lipinski definition) is 0. The molecule has 94 valence electrons. The van der Waals surface area contributed by atoms with Crippen molar-refractivity contribution in [3.05, 3.63) is 82.9 Å². The summed E-state index contributed by atoms with van der Waals surface area (Å²) in [5, 5.41) is 0. The predicted molar refractivity (Wildman–Crippen MR) is 92.1 cm³/mol. The number of allylic oxidation sites excluding steroid dienone is 2. The van der Waals surface area contributed by atoms with Gasteiger partial charge in [0, 0.05) is 9.52 Å². The van der Waals surface area contributed by atoms with Gasteiger partial charge in [0.05, 0.1) is 0 Å². The number of benzene rings is 2. The molecule has 0 saturated carbocycles. The van der Waals surface area contributed by atoms with Gasteiger partial charge in [0.25, 0.3) is 0 Å². The molecular formula is C18H17NaSi. The number of fused-ring (bicyclic) bond motifs is 2. The van der Waals surface area contributed by atoms with E-state index < -0.39 is 0 Å². The molecule has 0 N–H and O–H groups in total. The zero-order valence-corrected chi connectivity index (χ0v) is 12.2. The second-order valence-electron chi connectivity index (χ2n) is 5.42. The Morgan fingerprint density at radius 3 is 1.60 bits per heavy atom. The molecule has 0 aliphatic heterocycles. The molecule has 2 aromatic carbocycles. The summed E-state index contributed by atoms with van der Waals surface area (Å²) in [4.78, 5) is 0. The average molecular weight is 284 g/mol. The van der Waals surface area contributed by atoms with Gasteiger partial charge in [-0.3, -0.25) is 0 Å². The summed E-state index contributed by atoms with van der Waals surface area (Å²) in [6.45, 7) is 0. The van der Waals surface area contributed by atoms with Gasteiger partial charge in [0.15, 0.2) is 0 Å². The first-order chi connectivity index (χ1) is 9.42. The van der Waals surface area contributed by atoms with E-state index in [9.17, 15) is 0 Å². The molecule has 2 atom stereocenters. The molecule has 2 aliphatic carbocycles. The van der Waals surface area contributed by atoms with Crippen molar-refractivity contribution in [1.29, 1.82) is 0 Å². The van der Waals surface area contributed by atoms with Crippen molar-refractivity contribution in [2.45, 2.75) is 11.1 Å². The van der Waals surface area contributed by atoms with Crippen LogP contribution in [0.2, 0.25) is 0 Å². The maximum absolute atomic E-state index is 2.42. The van der Waals surface area contributed by atoms with Crippen LogP contribution in [0.1, 0.15) is 33.3 Å². The summed E-state index contributed by atoms with van der Waals surface area (Å²) in [5.41, 5.74) is 7.36. The van der Waals surface area contributed by atoms with Crippen LogP contribution >= 0.6 is 0 Å². The number of hydrogen-bond acceptors (Lipinski definition) is 0. The maximum atomic E-state index is 2.42. The first-order valence-electron chi connectivity index (χ1n) is 6.96. The molecule has 0 saturated heterocycles. The van der Waals surface area contributed by atoms with E-state index in [-0.39, 0.29) is 39.1 Å². The number of rotatable bonds is 2. The van der Waals surface area contributed by atoms with Crippen LogP contribution in [-0.4, -0.2) is 39.1 Å². The molecular weight excluding hydrogens is 267 g/mol. The van der Waals surface area contributed by atoms with Gasteiger partial charge in [0.1, 0.15) is 0 Å². The Kier molecular flexibility index (Phi) is 4.13. The Morgan fingerprint density at radius 1 is 0.650 bits per heavy atom. The monoisotopic (exact) mass is 284 g/mol. The summed E-state index contributed by atoms with van der Waals surface area (Å²) >= 11 is 0. The average Bonchev–Trinajstić information content (AvgIpc) is 3.05. The molecule has 2 unspecified atom stereocenters. The minimum absolute atomic E-state index is 0. The van der Waals surface area contributed by atoms with E-state index in [0.29, 0.717) is 11.1 Å². The van der Waals surface area contributed by atoms with Gasteiger partial charge >= 0.3 is 29.6 Å². The first-order valence-corrected chi connectivity index (χ1v) is 8.59. The molecule has 0 aromatic heterocycles. The summed E-state index contributed by atoms with van der Waals surface area (Å²) in [6.07, 6.45) is 9.45. The quantitative estimate of drug-likeness (QED) is 0.744. The SMILES string of the molecule is C1=CC([SiH2]C2C=Cc3ccccc32)c2ccccc21.[NaH]. The Balaban J connectivity index is 0.00000121. The zero-order valence-electron chi connectivity index (χ0n) is 10.8. The van der Waals surface area contributed by atoms with E-state index >= 15 is 0 Å². The topological polar surface area (TPSA) is 0 Å². The Labute approximate surface area is 144 Å². The van der Waals surface area contributed by atoms with Crippen molar-refractivity contribution in [3.8, 4) is 0 Å². The van der Waals surface area contributed by atoms with Crippen LogP contribution in [0.3, 0.4) is 0 Å². The van der Waals surface area contributed by atoms with E-state index in [1.165, 1.54) is 11.1 Å². The Hall–Kier alpha value is -0.863. The van der Waals surface area contributed by atoms with Gasteiger partial charge in [-0.25, -0.2) is 0 Å². The van der Waals surface area contributed by atoms with Crippen LogP contribution in [0.15, 0.2) is 60.7 Å². The Morgan fingerprint density at radius 2 is 1.10 bits per heavy atom. The third-order valence-corrected chi connectivity index (χ3v) is 6.75. The molecule has 0 bridgehead atoms. The van der Waals surface area contributed by atoms with Gasteiger partial charge in [-0.05, 0) is 33.3 Å². The van der Waals surface area contributed by atoms with Crippen molar-refractivity contribution < 1.29 is 0 Å². The van der Waals surface area contributed by atoms with Crippen LogP contribution in [0.25, 0.3) is 12.2 Å². The van der Waals surface area contributed by atoms with E-state index in [4.69, 9.17) is 0 Å². The molecule has 2 aromatic rings. The molecule has 0 amide bonds. The van der Waals surface area contributed by atoms with Gasteiger partial charge in [-0.2, -0.15) is 0 Å². The van der Waals surface area contributed by atoms with Gasteiger partial charge in [-0.1, -0.05) is 72.8 Å². The van der Waals surface area contributed by atoms with Crippen molar-refractivity contribution in [1.82, 2.24) is 0 Å². The molecule has 0 fully saturated rings. The molecule has 0 nitrogen and oxygen atoms in total. The van der Waals surface area contributed by atoms with Crippen LogP contribution in [0.5, 0.6) is 0 Å². The molecule has 2 aliphatic rings. The van der Waals surface area contributed by atoms with E-state index in [1.807, 2.05) is 0 Å².